The molecule has 1 aliphatic heterocycles. The molecule has 2 heterocycles. The van der Waals surface area contributed by atoms with Gasteiger partial charge in [-0.15, -0.1) is 11.3 Å². The number of nitrogens with two attached hydrogens (primary N) is 1. The van der Waals surface area contributed by atoms with Gasteiger partial charge in [0.25, 0.3) is 0 Å². The number of thiophene rings is 1. The lowest BCUT2D eigenvalue weighted by atomic mass is 10.1. The first-order valence-electron chi connectivity index (χ1n) is 5.87. The van der Waals surface area contributed by atoms with Gasteiger partial charge in [-0.1, -0.05) is 23.8 Å². The fourth-order valence-electron chi connectivity index (χ4n) is 2.31. The van der Waals surface area contributed by atoms with Crippen LogP contribution in [0.5, 0.6) is 0 Å². The van der Waals surface area contributed by atoms with Crippen molar-refractivity contribution < 1.29 is 4.79 Å². The molecule has 4 heteroatoms. The molecule has 1 aromatic carbocycles. The number of carbonyl (C=O) groups is 1. The van der Waals surface area contributed by atoms with Crippen LogP contribution < -0.4 is 10.6 Å². The van der Waals surface area contributed by atoms with Crippen molar-refractivity contribution >= 4 is 22.9 Å². The SMILES string of the molecule is Cc1ccc2c(c1)C(N)C(=O)N2Cc1cccs1. The van der Waals surface area contributed by atoms with Crippen LogP contribution in [0.25, 0.3) is 0 Å². The Morgan fingerprint density at radius 1 is 1.39 bits per heavy atom. The summed E-state index contributed by atoms with van der Waals surface area (Å²) in [4.78, 5) is 15.2. The maximum atomic E-state index is 12.2. The lowest BCUT2D eigenvalue weighted by molar-refractivity contribution is -0.119. The van der Waals surface area contributed by atoms with Crippen LogP contribution >= 0.6 is 11.3 Å². The van der Waals surface area contributed by atoms with Crippen molar-refractivity contribution in [1.82, 2.24) is 0 Å². The van der Waals surface area contributed by atoms with Gasteiger partial charge in [0.1, 0.15) is 6.04 Å². The van der Waals surface area contributed by atoms with E-state index in [4.69, 9.17) is 5.73 Å². The van der Waals surface area contributed by atoms with Crippen LogP contribution in [0.15, 0.2) is 35.7 Å². The van der Waals surface area contributed by atoms with E-state index in [1.807, 2.05) is 42.6 Å². The molecule has 2 aromatic rings. The maximum Gasteiger partial charge on any atom is 0.248 e. The van der Waals surface area contributed by atoms with Crippen LogP contribution in [-0.2, 0) is 11.3 Å². The van der Waals surface area contributed by atoms with Crippen LogP contribution in [0.3, 0.4) is 0 Å². The van der Waals surface area contributed by atoms with E-state index in [2.05, 4.69) is 0 Å². The molecule has 1 aliphatic rings. The standard InChI is InChI=1S/C14H14N2OS/c1-9-4-5-12-11(7-9)13(15)14(17)16(12)8-10-3-2-6-18-10/h2-7,13H,8,15H2,1H3. The summed E-state index contributed by atoms with van der Waals surface area (Å²) in [6, 6.07) is 9.53. The highest BCUT2D eigenvalue weighted by Crippen LogP contribution is 2.36. The minimum atomic E-state index is -0.514. The van der Waals surface area contributed by atoms with E-state index in [9.17, 15) is 4.79 Å². The highest BCUT2D eigenvalue weighted by atomic mass is 32.1. The second-order valence-corrected chi connectivity index (χ2v) is 5.58. The molecule has 3 rings (SSSR count). The molecule has 0 saturated heterocycles. The van der Waals surface area contributed by atoms with Gasteiger partial charge in [-0.3, -0.25) is 4.79 Å². The van der Waals surface area contributed by atoms with Gasteiger partial charge in [0.05, 0.1) is 6.54 Å². The Hall–Kier alpha value is -1.65. The van der Waals surface area contributed by atoms with E-state index in [1.165, 1.54) is 4.88 Å². The lowest BCUT2D eigenvalue weighted by Gasteiger charge is -2.16. The van der Waals surface area contributed by atoms with Gasteiger partial charge >= 0.3 is 0 Å². The molecule has 0 bridgehead atoms. The fraction of sp³-hybridized carbons (Fsp3) is 0.214. The number of anilines is 1. The zero-order chi connectivity index (χ0) is 12.7. The van der Waals surface area contributed by atoms with E-state index in [1.54, 1.807) is 16.2 Å². The topological polar surface area (TPSA) is 46.3 Å². The number of fused-ring (bicyclic) bond motifs is 1. The Morgan fingerprint density at radius 2 is 2.22 bits per heavy atom. The van der Waals surface area contributed by atoms with Gasteiger partial charge in [-0.2, -0.15) is 0 Å². The van der Waals surface area contributed by atoms with Crippen LogP contribution in [0.2, 0.25) is 0 Å². The van der Waals surface area contributed by atoms with Crippen LogP contribution in [0.1, 0.15) is 22.0 Å². The molecule has 3 nitrogen and oxygen atoms in total. The summed E-state index contributed by atoms with van der Waals surface area (Å²) >= 11 is 1.66. The third-order valence-electron chi connectivity index (χ3n) is 3.24. The molecule has 1 aromatic heterocycles. The number of rotatable bonds is 2. The van der Waals surface area contributed by atoms with Gasteiger partial charge in [0, 0.05) is 16.1 Å². The molecule has 18 heavy (non-hydrogen) atoms. The average Bonchev–Trinajstić information content (AvgIpc) is 2.94. The summed E-state index contributed by atoms with van der Waals surface area (Å²) in [6.45, 7) is 2.62. The number of aryl methyl sites for hydroxylation is 1. The van der Waals surface area contributed by atoms with E-state index >= 15 is 0 Å². The summed E-state index contributed by atoms with van der Waals surface area (Å²) in [5.74, 6) is -0.0102. The number of hydrogen-bond acceptors (Lipinski definition) is 3. The molecule has 0 spiro atoms. The fourth-order valence-corrected chi connectivity index (χ4v) is 3.00. The lowest BCUT2D eigenvalue weighted by Crippen LogP contribution is -2.30. The van der Waals surface area contributed by atoms with Gasteiger partial charge in [-0.25, -0.2) is 0 Å². The van der Waals surface area contributed by atoms with Gasteiger partial charge in [0.2, 0.25) is 5.91 Å². The first kappa shape index (κ1) is 11.4. The molecule has 0 saturated carbocycles. The van der Waals surface area contributed by atoms with E-state index < -0.39 is 6.04 Å². The summed E-state index contributed by atoms with van der Waals surface area (Å²) in [5, 5.41) is 2.02. The predicted molar refractivity (Wildman–Crippen MR) is 73.6 cm³/mol. The largest absolute Gasteiger partial charge is 0.316 e. The molecule has 0 aliphatic carbocycles. The first-order valence-corrected chi connectivity index (χ1v) is 6.74. The quantitative estimate of drug-likeness (QED) is 0.900. The van der Waals surface area contributed by atoms with Crippen molar-refractivity contribution in [3.63, 3.8) is 0 Å². The molecule has 92 valence electrons. The van der Waals surface area contributed by atoms with E-state index in [0.29, 0.717) is 6.54 Å². The molecule has 1 atom stereocenters. The predicted octanol–water partition coefficient (Wildman–Crippen LogP) is 2.60. The number of benzene rings is 1. The van der Waals surface area contributed by atoms with Crippen molar-refractivity contribution in [1.29, 1.82) is 0 Å². The Balaban J connectivity index is 1.99. The summed E-state index contributed by atoms with van der Waals surface area (Å²) in [5.41, 5.74) is 9.02. The van der Waals surface area contributed by atoms with Gasteiger partial charge in [-0.05, 0) is 24.4 Å². The summed E-state index contributed by atoms with van der Waals surface area (Å²) < 4.78 is 0. The van der Waals surface area contributed by atoms with Gasteiger partial charge < -0.3 is 10.6 Å². The molecule has 2 N–H and O–H groups in total. The molecule has 1 amide bonds. The van der Waals surface area contributed by atoms with Crippen LogP contribution in [-0.4, -0.2) is 5.91 Å². The third-order valence-corrected chi connectivity index (χ3v) is 4.10. The number of amides is 1. The zero-order valence-corrected chi connectivity index (χ0v) is 10.9. The Kier molecular flexibility index (Phi) is 2.69. The highest BCUT2D eigenvalue weighted by molar-refractivity contribution is 7.09. The molecule has 0 fully saturated rings. The number of nitrogens with zero attached hydrogens (tertiary/aromatic N) is 1. The minimum Gasteiger partial charge on any atom is -0.316 e. The Labute approximate surface area is 110 Å². The monoisotopic (exact) mass is 258 g/mol. The van der Waals surface area contributed by atoms with Crippen molar-refractivity contribution in [3.8, 4) is 0 Å². The average molecular weight is 258 g/mol. The Morgan fingerprint density at radius 3 is 2.94 bits per heavy atom. The second-order valence-electron chi connectivity index (χ2n) is 4.54. The molecular formula is C14H14N2OS. The van der Waals surface area contributed by atoms with Crippen molar-refractivity contribution in [2.24, 2.45) is 5.73 Å². The first-order chi connectivity index (χ1) is 8.66. The molecule has 0 radical (unpaired) electrons. The zero-order valence-electron chi connectivity index (χ0n) is 10.1. The summed E-state index contributed by atoms with van der Waals surface area (Å²) in [6.07, 6.45) is 0. The highest BCUT2D eigenvalue weighted by Gasteiger charge is 2.34. The smallest absolute Gasteiger partial charge is 0.248 e. The third kappa shape index (κ3) is 1.74. The number of carbonyl (C=O) groups excluding carboxylic acids is 1. The van der Waals surface area contributed by atoms with Crippen molar-refractivity contribution in [2.75, 3.05) is 4.90 Å². The van der Waals surface area contributed by atoms with E-state index in [-0.39, 0.29) is 5.91 Å². The normalized spacial score (nSPS) is 18.2. The van der Waals surface area contributed by atoms with Gasteiger partial charge in [0.15, 0.2) is 0 Å². The van der Waals surface area contributed by atoms with Crippen LogP contribution in [0, 0.1) is 6.92 Å². The van der Waals surface area contributed by atoms with E-state index in [0.717, 1.165) is 16.8 Å². The molecular weight excluding hydrogens is 244 g/mol. The minimum absolute atomic E-state index is 0.0102. The molecule has 1 unspecified atom stereocenters. The van der Waals surface area contributed by atoms with Crippen LogP contribution in [0.4, 0.5) is 5.69 Å². The Bertz CT molecular complexity index is 592. The summed E-state index contributed by atoms with van der Waals surface area (Å²) in [7, 11) is 0. The number of hydrogen-bond donors (Lipinski definition) is 1. The van der Waals surface area contributed by atoms with Crippen molar-refractivity contribution in [3.05, 3.63) is 51.7 Å². The second kappa shape index (κ2) is 4.23. The van der Waals surface area contributed by atoms with Crippen molar-refractivity contribution in [2.45, 2.75) is 19.5 Å². The maximum absolute atomic E-state index is 12.2.